The van der Waals surface area contributed by atoms with Gasteiger partial charge in [0.1, 0.15) is 5.82 Å². The van der Waals surface area contributed by atoms with Crippen LogP contribution in [0.2, 0.25) is 0 Å². The third-order valence-electron chi connectivity index (χ3n) is 3.35. The molecule has 1 aliphatic rings. The van der Waals surface area contributed by atoms with E-state index in [9.17, 15) is 4.39 Å². The van der Waals surface area contributed by atoms with Gasteiger partial charge < -0.3 is 5.73 Å². The van der Waals surface area contributed by atoms with E-state index in [1.54, 1.807) is 0 Å². The maximum absolute atomic E-state index is 13.0. The molecule has 0 aliphatic carbocycles. The molecule has 0 saturated carbocycles. The molecular weight excluding hydrogens is 319 g/mol. The van der Waals surface area contributed by atoms with Crippen molar-refractivity contribution in [3.8, 4) is 0 Å². The van der Waals surface area contributed by atoms with Crippen LogP contribution in [0.4, 0.5) is 4.39 Å². The predicted octanol–water partition coefficient (Wildman–Crippen LogP) is 3.18. The Balaban J connectivity index is 0.00000162. The highest BCUT2D eigenvalue weighted by molar-refractivity contribution is 9.10. The van der Waals surface area contributed by atoms with Crippen LogP contribution in [-0.4, -0.2) is 24.5 Å². The van der Waals surface area contributed by atoms with E-state index in [0.717, 1.165) is 36.2 Å². The van der Waals surface area contributed by atoms with E-state index in [2.05, 4.69) is 20.8 Å². The molecule has 0 aromatic heterocycles. The fraction of sp³-hybridized carbons (Fsp3) is 0.538. The van der Waals surface area contributed by atoms with Crippen molar-refractivity contribution >= 4 is 28.3 Å². The minimum absolute atomic E-state index is 0. The Morgan fingerprint density at radius 2 is 2.22 bits per heavy atom. The summed E-state index contributed by atoms with van der Waals surface area (Å²) in [5.41, 5.74) is 6.87. The summed E-state index contributed by atoms with van der Waals surface area (Å²) in [5.74, 6) is 0.419. The number of likely N-dealkylation sites (tertiary alicyclic amines) is 1. The molecule has 1 atom stereocenters. The van der Waals surface area contributed by atoms with Crippen LogP contribution in [-0.2, 0) is 6.54 Å². The largest absolute Gasteiger partial charge is 0.330 e. The fourth-order valence-electron chi connectivity index (χ4n) is 2.38. The number of hydrogen-bond donors (Lipinski definition) is 1. The monoisotopic (exact) mass is 336 g/mol. The highest BCUT2D eigenvalue weighted by atomic mass is 79.9. The van der Waals surface area contributed by atoms with Crippen molar-refractivity contribution in [1.82, 2.24) is 4.90 Å². The second-order valence-corrected chi connectivity index (χ2v) is 5.57. The Kier molecular flexibility index (Phi) is 6.57. The predicted molar refractivity (Wildman–Crippen MR) is 78.4 cm³/mol. The molecule has 5 heteroatoms. The number of nitrogens with two attached hydrogens (primary N) is 1. The third kappa shape index (κ3) is 4.19. The molecule has 0 bridgehead atoms. The zero-order valence-corrected chi connectivity index (χ0v) is 12.6. The van der Waals surface area contributed by atoms with Gasteiger partial charge in [-0.25, -0.2) is 4.39 Å². The number of piperidine rings is 1. The molecule has 1 heterocycles. The van der Waals surface area contributed by atoms with E-state index in [1.807, 2.05) is 6.07 Å². The van der Waals surface area contributed by atoms with Crippen LogP contribution in [0.25, 0.3) is 0 Å². The van der Waals surface area contributed by atoms with Gasteiger partial charge in [-0.2, -0.15) is 0 Å². The van der Waals surface area contributed by atoms with Gasteiger partial charge in [0.2, 0.25) is 0 Å². The second-order valence-electron chi connectivity index (χ2n) is 4.71. The molecule has 18 heavy (non-hydrogen) atoms. The highest BCUT2D eigenvalue weighted by Gasteiger charge is 2.19. The zero-order valence-electron chi connectivity index (χ0n) is 10.2. The molecule has 1 unspecified atom stereocenters. The van der Waals surface area contributed by atoms with Crippen LogP contribution >= 0.6 is 28.3 Å². The van der Waals surface area contributed by atoms with Crippen LogP contribution in [0.5, 0.6) is 0 Å². The molecule has 1 aromatic carbocycles. The van der Waals surface area contributed by atoms with Crippen LogP contribution < -0.4 is 5.73 Å². The quantitative estimate of drug-likeness (QED) is 0.918. The van der Waals surface area contributed by atoms with Crippen molar-refractivity contribution in [1.29, 1.82) is 0 Å². The molecule has 1 aromatic rings. The fourth-order valence-corrected chi connectivity index (χ4v) is 2.85. The maximum atomic E-state index is 13.0. The van der Waals surface area contributed by atoms with Gasteiger partial charge in [0, 0.05) is 17.6 Å². The van der Waals surface area contributed by atoms with Gasteiger partial charge in [0.05, 0.1) is 0 Å². The van der Waals surface area contributed by atoms with E-state index < -0.39 is 0 Å². The molecule has 102 valence electrons. The Bertz CT molecular complexity index is 389. The lowest BCUT2D eigenvalue weighted by atomic mass is 9.98. The molecule has 1 saturated heterocycles. The van der Waals surface area contributed by atoms with Crippen molar-refractivity contribution in [3.05, 3.63) is 34.1 Å². The number of rotatable bonds is 3. The minimum atomic E-state index is -0.195. The van der Waals surface area contributed by atoms with Gasteiger partial charge in [0.25, 0.3) is 0 Å². The summed E-state index contributed by atoms with van der Waals surface area (Å²) >= 11 is 3.41. The third-order valence-corrected chi connectivity index (χ3v) is 4.08. The molecule has 0 radical (unpaired) electrons. The van der Waals surface area contributed by atoms with Crippen molar-refractivity contribution < 1.29 is 4.39 Å². The Morgan fingerprint density at radius 1 is 1.44 bits per heavy atom. The summed E-state index contributed by atoms with van der Waals surface area (Å²) in [6.45, 7) is 3.80. The topological polar surface area (TPSA) is 29.3 Å². The van der Waals surface area contributed by atoms with Gasteiger partial charge in [-0.1, -0.05) is 22.0 Å². The molecule has 1 fully saturated rings. The molecule has 1 aliphatic heterocycles. The average molecular weight is 338 g/mol. The maximum Gasteiger partial charge on any atom is 0.124 e. The van der Waals surface area contributed by atoms with Crippen LogP contribution in [0.15, 0.2) is 22.7 Å². The molecule has 0 spiro atoms. The van der Waals surface area contributed by atoms with Crippen LogP contribution in [0.3, 0.4) is 0 Å². The Labute approximate surface area is 122 Å². The van der Waals surface area contributed by atoms with E-state index in [0.29, 0.717) is 5.92 Å². The minimum Gasteiger partial charge on any atom is -0.330 e. The summed E-state index contributed by atoms with van der Waals surface area (Å²) in [6.07, 6.45) is 2.44. The molecule has 2 rings (SSSR count). The first-order valence-electron chi connectivity index (χ1n) is 6.05. The van der Waals surface area contributed by atoms with E-state index in [1.165, 1.54) is 25.0 Å². The zero-order chi connectivity index (χ0) is 12.3. The van der Waals surface area contributed by atoms with Crippen LogP contribution in [0.1, 0.15) is 18.4 Å². The molecule has 2 nitrogen and oxygen atoms in total. The van der Waals surface area contributed by atoms with Crippen molar-refractivity contribution in [2.24, 2.45) is 11.7 Å². The first-order valence-corrected chi connectivity index (χ1v) is 6.84. The molecular formula is C13H19BrClFN2. The summed E-state index contributed by atoms with van der Waals surface area (Å²) in [5, 5.41) is 0. The summed E-state index contributed by atoms with van der Waals surface area (Å²) in [4.78, 5) is 2.40. The van der Waals surface area contributed by atoms with E-state index >= 15 is 0 Å². The standard InChI is InChI=1S/C13H18BrFN2.ClH/c14-13-6-12(15)4-3-11(13)9-17-5-1-2-10(7-16)8-17;/h3-4,6,10H,1-2,5,7-9,16H2;1H. The second kappa shape index (κ2) is 7.43. The number of hydrogen-bond acceptors (Lipinski definition) is 2. The van der Waals surface area contributed by atoms with Crippen molar-refractivity contribution in [3.63, 3.8) is 0 Å². The van der Waals surface area contributed by atoms with Crippen molar-refractivity contribution in [2.45, 2.75) is 19.4 Å². The van der Waals surface area contributed by atoms with E-state index in [-0.39, 0.29) is 18.2 Å². The summed E-state index contributed by atoms with van der Waals surface area (Å²) in [7, 11) is 0. The number of nitrogens with zero attached hydrogens (tertiary/aromatic N) is 1. The number of benzene rings is 1. The first kappa shape index (κ1) is 15.9. The van der Waals surface area contributed by atoms with Gasteiger partial charge >= 0.3 is 0 Å². The molecule has 2 N–H and O–H groups in total. The Morgan fingerprint density at radius 3 is 2.89 bits per heavy atom. The summed E-state index contributed by atoms with van der Waals surface area (Å²) < 4.78 is 13.8. The van der Waals surface area contributed by atoms with E-state index in [4.69, 9.17) is 5.73 Å². The lowest BCUT2D eigenvalue weighted by Gasteiger charge is -2.32. The van der Waals surface area contributed by atoms with Gasteiger partial charge in [-0.3, -0.25) is 4.90 Å². The first-order chi connectivity index (χ1) is 8.19. The van der Waals surface area contributed by atoms with Gasteiger partial charge in [-0.15, -0.1) is 12.4 Å². The van der Waals surface area contributed by atoms with Crippen LogP contribution in [0, 0.1) is 11.7 Å². The Hall–Kier alpha value is -0.160. The number of halogens is 3. The molecule has 0 amide bonds. The average Bonchev–Trinajstić information content (AvgIpc) is 2.33. The van der Waals surface area contributed by atoms with Gasteiger partial charge in [0.15, 0.2) is 0 Å². The normalized spacial score (nSPS) is 20.5. The van der Waals surface area contributed by atoms with Crippen molar-refractivity contribution in [2.75, 3.05) is 19.6 Å². The lowest BCUT2D eigenvalue weighted by molar-refractivity contribution is 0.170. The summed E-state index contributed by atoms with van der Waals surface area (Å²) in [6, 6.07) is 4.90. The SMILES string of the molecule is Cl.NCC1CCCN(Cc2ccc(F)cc2Br)C1. The van der Waals surface area contributed by atoms with Gasteiger partial charge in [-0.05, 0) is 49.5 Å². The highest BCUT2D eigenvalue weighted by Crippen LogP contribution is 2.22. The smallest absolute Gasteiger partial charge is 0.124 e. The lowest BCUT2D eigenvalue weighted by Crippen LogP contribution is -2.37.